The number of aliphatic hydroxyl groups is 1. The van der Waals surface area contributed by atoms with Gasteiger partial charge in [-0.25, -0.2) is 0 Å². The highest BCUT2D eigenvalue weighted by Gasteiger charge is 2.31. The van der Waals surface area contributed by atoms with Gasteiger partial charge in [-0.15, -0.1) is 0 Å². The number of β-amino-alcohol motifs (C(OH)–C–C–N with tert-alkyl or cyclic N) is 1. The second-order valence-electron chi connectivity index (χ2n) is 7.71. The van der Waals surface area contributed by atoms with Crippen LogP contribution in [0.4, 0.5) is 0 Å². The van der Waals surface area contributed by atoms with Gasteiger partial charge in [0, 0.05) is 25.7 Å². The minimum atomic E-state index is -0.0207. The van der Waals surface area contributed by atoms with Gasteiger partial charge in [0.15, 0.2) is 0 Å². The van der Waals surface area contributed by atoms with E-state index in [-0.39, 0.29) is 12.6 Å². The van der Waals surface area contributed by atoms with Gasteiger partial charge in [-0.3, -0.25) is 9.69 Å². The molecule has 140 valence electrons. The molecule has 2 unspecified atom stereocenters. The maximum atomic E-state index is 12.9. The number of likely N-dealkylation sites (tertiary alicyclic amines) is 2. The quantitative estimate of drug-likeness (QED) is 0.768. The first kappa shape index (κ1) is 19.7. The summed E-state index contributed by atoms with van der Waals surface area (Å²) in [6.07, 6.45) is 7.01. The Hall–Kier alpha value is -0.650. The molecule has 2 rings (SSSR count). The number of amides is 1. The number of carbonyl (C=O) groups excluding carboxylic acids is 1. The van der Waals surface area contributed by atoms with Gasteiger partial charge in [0.1, 0.15) is 0 Å². The molecule has 5 nitrogen and oxygen atoms in total. The van der Waals surface area contributed by atoms with Crippen molar-refractivity contribution in [1.29, 1.82) is 0 Å². The fourth-order valence-corrected chi connectivity index (χ4v) is 4.24. The Morgan fingerprint density at radius 3 is 2.54 bits per heavy atom. The molecule has 0 bridgehead atoms. The van der Waals surface area contributed by atoms with E-state index < -0.39 is 0 Å². The molecular weight excluding hydrogens is 302 g/mol. The molecule has 0 aromatic carbocycles. The molecule has 0 spiro atoms. The largest absolute Gasteiger partial charge is 0.395 e. The summed E-state index contributed by atoms with van der Waals surface area (Å²) >= 11 is 0. The van der Waals surface area contributed by atoms with Gasteiger partial charge in [-0.2, -0.15) is 0 Å². The maximum absolute atomic E-state index is 12.9. The van der Waals surface area contributed by atoms with Crippen LogP contribution in [0.25, 0.3) is 0 Å². The van der Waals surface area contributed by atoms with Gasteiger partial charge in [-0.1, -0.05) is 6.92 Å². The van der Waals surface area contributed by atoms with E-state index >= 15 is 0 Å². The molecule has 0 aromatic rings. The number of rotatable bonds is 7. The van der Waals surface area contributed by atoms with Crippen LogP contribution in [0.5, 0.6) is 0 Å². The standard InChI is InChI=1S/C19H37N3O2/c1-4-18-7-5-6-10-22(18)19(24)16(2)20(3)15-17-8-11-21(12-9-17)13-14-23/h16-18,23H,4-15H2,1-3H3. The van der Waals surface area contributed by atoms with E-state index in [9.17, 15) is 4.79 Å². The van der Waals surface area contributed by atoms with E-state index in [4.69, 9.17) is 5.11 Å². The lowest BCUT2D eigenvalue weighted by Gasteiger charge is -2.40. The van der Waals surface area contributed by atoms with Crippen molar-refractivity contribution in [2.75, 3.05) is 46.4 Å². The number of hydrogen-bond donors (Lipinski definition) is 1. The molecule has 2 aliphatic heterocycles. The Balaban J connectivity index is 1.81. The van der Waals surface area contributed by atoms with E-state index in [1.54, 1.807) is 0 Å². The zero-order valence-electron chi connectivity index (χ0n) is 15.9. The van der Waals surface area contributed by atoms with E-state index in [0.717, 1.165) is 45.6 Å². The van der Waals surface area contributed by atoms with E-state index in [0.29, 0.717) is 17.9 Å². The van der Waals surface area contributed by atoms with Crippen LogP contribution in [0, 0.1) is 5.92 Å². The Kier molecular flexibility index (Phi) is 7.98. The van der Waals surface area contributed by atoms with Crippen LogP contribution in [0.15, 0.2) is 0 Å². The first-order valence-corrected chi connectivity index (χ1v) is 9.90. The fraction of sp³-hybridized carbons (Fsp3) is 0.947. The molecule has 2 heterocycles. The highest BCUT2D eigenvalue weighted by Crippen LogP contribution is 2.23. The predicted octanol–water partition coefficient (Wildman–Crippen LogP) is 1.80. The SMILES string of the molecule is CCC1CCCCN1C(=O)C(C)N(C)CC1CCN(CCO)CC1. The summed E-state index contributed by atoms with van der Waals surface area (Å²) in [4.78, 5) is 19.7. The summed E-state index contributed by atoms with van der Waals surface area (Å²) in [5.41, 5.74) is 0. The van der Waals surface area contributed by atoms with Crippen LogP contribution in [-0.2, 0) is 4.79 Å². The first-order valence-electron chi connectivity index (χ1n) is 9.90. The van der Waals surface area contributed by atoms with Crippen LogP contribution in [0.3, 0.4) is 0 Å². The second-order valence-corrected chi connectivity index (χ2v) is 7.71. The highest BCUT2D eigenvalue weighted by molar-refractivity contribution is 5.81. The van der Waals surface area contributed by atoms with Gasteiger partial charge in [0.2, 0.25) is 5.91 Å². The third-order valence-corrected chi connectivity index (χ3v) is 6.07. The van der Waals surface area contributed by atoms with Crippen molar-refractivity contribution in [1.82, 2.24) is 14.7 Å². The molecule has 1 amide bonds. The van der Waals surface area contributed by atoms with Crippen molar-refractivity contribution in [2.45, 2.75) is 64.5 Å². The number of piperidine rings is 2. The molecule has 2 fully saturated rings. The van der Waals surface area contributed by atoms with E-state index in [2.05, 4.69) is 35.6 Å². The lowest BCUT2D eigenvalue weighted by Crippen LogP contribution is -2.52. The lowest BCUT2D eigenvalue weighted by molar-refractivity contribution is -0.140. The van der Waals surface area contributed by atoms with Crippen LogP contribution in [0.1, 0.15) is 52.4 Å². The van der Waals surface area contributed by atoms with E-state index in [1.165, 1.54) is 25.7 Å². The maximum Gasteiger partial charge on any atom is 0.239 e. The molecule has 0 radical (unpaired) electrons. The first-order chi connectivity index (χ1) is 11.6. The summed E-state index contributed by atoms with van der Waals surface area (Å²) in [6, 6.07) is 0.427. The zero-order chi connectivity index (χ0) is 17.5. The number of carbonyl (C=O) groups is 1. The lowest BCUT2D eigenvalue weighted by atomic mass is 9.95. The van der Waals surface area contributed by atoms with Crippen molar-refractivity contribution in [3.8, 4) is 0 Å². The zero-order valence-corrected chi connectivity index (χ0v) is 15.9. The van der Waals surface area contributed by atoms with Crippen molar-refractivity contribution in [3.63, 3.8) is 0 Å². The van der Waals surface area contributed by atoms with Gasteiger partial charge in [-0.05, 0) is 71.5 Å². The minimum absolute atomic E-state index is 0.0207. The predicted molar refractivity (Wildman–Crippen MR) is 98.0 cm³/mol. The smallest absolute Gasteiger partial charge is 0.239 e. The molecular formula is C19H37N3O2. The molecule has 1 N–H and O–H groups in total. The Labute approximate surface area is 148 Å². The number of aliphatic hydroxyl groups excluding tert-OH is 1. The molecule has 0 saturated carbocycles. The van der Waals surface area contributed by atoms with E-state index in [1.807, 2.05) is 0 Å². The molecule has 2 saturated heterocycles. The number of hydrogen-bond acceptors (Lipinski definition) is 4. The van der Waals surface area contributed by atoms with Gasteiger partial charge >= 0.3 is 0 Å². The molecule has 2 aliphatic rings. The Morgan fingerprint density at radius 2 is 1.92 bits per heavy atom. The summed E-state index contributed by atoms with van der Waals surface area (Å²) in [5, 5.41) is 9.04. The monoisotopic (exact) mass is 339 g/mol. The molecule has 0 aromatic heterocycles. The minimum Gasteiger partial charge on any atom is -0.395 e. The fourth-order valence-electron chi connectivity index (χ4n) is 4.24. The summed E-state index contributed by atoms with van der Waals surface area (Å²) in [7, 11) is 2.10. The molecule has 0 aliphatic carbocycles. The van der Waals surface area contributed by atoms with Crippen molar-refractivity contribution < 1.29 is 9.90 Å². The van der Waals surface area contributed by atoms with Crippen LogP contribution >= 0.6 is 0 Å². The normalized spacial score (nSPS) is 25.2. The third-order valence-electron chi connectivity index (χ3n) is 6.07. The molecule has 24 heavy (non-hydrogen) atoms. The highest BCUT2D eigenvalue weighted by atomic mass is 16.3. The van der Waals surface area contributed by atoms with Crippen LogP contribution in [0.2, 0.25) is 0 Å². The van der Waals surface area contributed by atoms with Crippen LogP contribution < -0.4 is 0 Å². The number of likely N-dealkylation sites (N-methyl/N-ethyl adjacent to an activating group) is 1. The summed E-state index contributed by atoms with van der Waals surface area (Å²) in [6.45, 7) is 9.42. The Bertz CT molecular complexity index is 383. The van der Waals surface area contributed by atoms with Gasteiger partial charge < -0.3 is 14.9 Å². The van der Waals surface area contributed by atoms with Crippen molar-refractivity contribution in [2.24, 2.45) is 5.92 Å². The average molecular weight is 340 g/mol. The summed E-state index contributed by atoms with van der Waals surface area (Å²) < 4.78 is 0. The topological polar surface area (TPSA) is 47.0 Å². The number of nitrogens with zero attached hydrogens (tertiary/aromatic N) is 3. The van der Waals surface area contributed by atoms with Crippen LogP contribution in [-0.4, -0.2) is 84.2 Å². The molecule has 5 heteroatoms. The van der Waals surface area contributed by atoms with Crippen molar-refractivity contribution >= 4 is 5.91 Å². The Morgan fingerprint density at radius 1 is 1.21 bits per heavy atom. The van der Waals surface area contributed by atoms with Crippen molar-refractivity contribution in [3.05, 3.63) is 0 Å². The summed E-state index contributed by atoms with van der Waals surface area (Å²) in [5.74, 6) is 0.991. The third kappa shape index (κ3) is 5.17. The average Bonchev–Trinajstić information content (AvgIpc) is 2.62. The second kappa shape index (κ2) is 9.73. The molecule has 2 atom stereocenters. The van der Waals surface area contributed by atoms with Gasteiger partial charge in [0.25, 0.3) is 0 Å². The van der Waals surface area contributed by atoms with Gasteiger partial charge in [0.05, 0.1) is 12.6 Å².